The van der Waals surface area contributed by atoms with Gasteiger partial charge in [-0.2, -0.15) is 0 Å². The molecule has 3 aromatic carbocycles. The van der Waals surface area contributed by atoms with Crippen LogP contribution in [-0.2, 0) is 18.9 Å². The first kappa shape index (κ1) is 31.7. The number of aryl methyl sites for hydroxylation is 1. The number of benzene rings is 3. The van der Waals surface area contributed by atoms with E-state index in [-0.39, 0.29) is 43.8 Å². The number of hydrogen-bond donors (Lipinski definition) is 5. The van der Waals surface area contributed by atoms with Gasteiger partial charge in [0, 0.05) is 23.3 Å². The molecule has 0 unspecified atom stereocenters. The molecule has 47 heavy (non-hydrogen) atoms. The van der Waals surface area contributed by atoms with Crippen molar-refractivity contribution in [2.75, 3.05) is 7.11 Å². The molecule has 10 atom stereocenters. The molecule has 2 saturated heterocycles. The van der Waals surface area contributed by atoms with Crippen LogP contribution < -0.4 is 21.7 Å². The molecule has 0 spiro atoms. The Kier molecular flexibility index (Phi) is 7.50. The second kappa shape index (κ2) is 11.1. The number of aliphatic hydroxyl groups is 3. The molecular weight excluding hydrogens is 618 g/mol. The van der Waals surface area contributed by atoms with E-state index >= 15 is 0 Å². The molecule has 0 amide bonds. The minimum atomic E-state index is -1.99. The van der Waals surface area contributed by atoms with Crippen molar-refractivity contribution in [3.8, 4) is 11.5 Å². The van der Waals surface area contributed by atoms with E-state index in [2.05, 4.69) is 0 Å². The van der Waals surface area contributed by atoms with E-state index in [1.807, 2.05) is 0 Å². The van der Waals surface area contributed by atoms with Gasteiger partial charge in [0.2, 0.25) is 6.29 Å². The summed E-state index contributed by atoms with van der Waals surface area (Å²) in [5.41, 5.74) is 3.52. The number of nitrogens with two attached hydrogens (primary N) is 1. The number of phenolic OH excluding ortho intramolecular Hbond substituents is 1. The number of hydrogen-bond acceptors (Lipinski definition) is 14. The molecule has 5 aromatic rings. The smallest absolute Gasteiger partial charge is 0.348 e. The molecule has 2 aromatic heterocycles. The predicted octanol–water partition coefficient (Wildman–Crippen LogP) is 1.73. The molecule has 0 aliphatic carbocycles. The predicted molar refractivity (Wildman–Crippen MR) is 167 cm³/mol. The Hall–Kier alpha value is -3.86. The van der Waals surface area contributed by atoms with Gasteiger partial charge < -0.3 is 58.7 Å². The highest BCUT2D eigenvalue weighted by Crippen LogP contribution is 2.46. The number of phenols is 1. The summed E-state index contributed by atoms with van der Waals surface area (Å²) in [6, 6.07) is 6.77. The first-order valence-electron chi connectivity index (χ1n) is 15.2. The molecule has 14 nitrogen and oxygen atoms in total. The summed E-state index contributed by atoms with van der Waals surface area (Å²) in [4.78, 5) is 26.6. The molecule has 0 saturated carbocycles. The SMILES string of the molecule is CO[C@@H]1[C@@H](N)[C@@H](O[C@@H]2[C@@H](Oc3cccc4c(O)c5c(=O)oc6ccc(C)c7c(=O)oc(c34)c5c67)O[C@H](C)[C@@H](O)[C@@]2(C)O)O[C@H](C)[C@@H]1O. The lowest BCUT2D eigenvalue weighted by Gasteiger charge is -2.50. The lowest BCUT2D eigenvalue weighted by atomic mass is 9.86. The average Bonchev–Trinajstić information content (AvgIpc) is 3.02. The van der Waals surface area contributed by atoms with Crippen molar-refractivity contribution in [3.05, 3.63) is 56.7 Å². The fourth-order valence-corrected chi connectivity index (χ4v) is 6.96. The van der Waals surface area contributed by atoms with Crippen LogP contribution in [0.4, 0.5) is 0 Å². The summed E-state index contributed by atoms with van der Waals surface area (Å²) in [6.45, 7) is 6.21. The summed E-state index contributed by atoms with van der Waals surface area (Å²) in [7, 11) is 1.39. The lowest BCUT2D eigenvalue weighted by molar-refractivity contribution is -0.356. The van der Waals surface area contributed by atoms with Gasteiger partial charge in [-0.25, -0.2) is 9.59 Å². The standard InChI is InChI=1S/C33H35NO13/c1-11-9-10-16-19-17(11)29(38)46-25-18-14(24(36)21(20(19)25)30(39)44-16)7-6-8-15(18)45-32-28(33(4,40)27(37)13(3)43-32)47-31-22(34)26(41-5)23(35)12(2)42-31/h6-10,12-13,22-23,26-28,31-32,35-37,40H,34H2,1-5H3/t12-,13-,22-,23+,26-,27-,28-,31-,32-,33-/m1/s1. The van der Waals surface area contributed by atoms with E-state index in [0.717, 1.165) is 0 Å². The van der Waals surface area contributed by atoms with E-state index in [1.54, 1.807) is 32.0 Å². The van der Waals surface area contributed by atoms with E-state index in [0.29, 0.717) is 10.9 Å². The van der Waals surface area contributed by atoms with Crippen LogP contribution in [0.25, 0.3) is 43.5 Å². The Morgan fingerprint density at radius 1 is 0.894 bits per heavy atom. The number of methoxy groups -OCH3 is 1. The molecule has 4 heterocycles. The van der Waals surface area contributed by atoms with Crippen molar-refractivity contribution in [2.45, 2.75) is 88.5 Å². The Morgan fingerprint density at radius 2 is 1.60 bits per heavy atom. The highest BCUT2D eigenvalue weighted by molar-refractivity contribution is 6.28. The van der Waals surface area contributed by atoms with Gasteiger partial charge in [-0.15, -0.1) is 0 Å². The van der Waals surface area contributed by atoms with Gasteiger partial charge in [0.15, 0.2) is 18.0 Å². The van der Waals surface area contributed by atoms with Crippen molar-refractivity contribution in [1.29, 1.82) is 0 Å². The first-order valence-corrected chi connectivity index (χ1v) is 15.2. The Balaban J connectivity index is 1.40. The zero-order valence-electron chi connectivity index (χ0n) is 26.1. The minimum Gasteiger partial charge on any atom is -0.506 e. The van der Waals surface area contributed by atoms with Gasteiger partial charge in [-0.05, 0) is 45.4 Å². The Bertz CT molecular complexity index is 2120. The summed E-state index contributed by atoms with van der Waals surface area (Å²) < 4.78 is 41.2. The summed E-state index contributed by atoms with van der Waals surface area (Å²) >= 11 is 0. The van der Waals surface area contributed by atoms with E-state index in [1.165, 1.54) is 33.1 Å². The monoisotopic (exact) mass is 653 g/mol. The topological polar surface area (TPSA) is 214 Å². The second-order valence-electron chi connectivity index (χ2n) is 12.5. The maximum Gasteiger partial charge on any atom is 0.348 e. The molecule has 14 heteroatoms. The fourth-order valence-electron chi connectivity index (χ4n) is 6.96. The normalized spacial score (nSPS) is 33.3. The van der Waals surface area contributed by atoms with Crippen molar-refractivity contribution in [1.82, 2.24) is 0 Å². The van der Waals surface area contributed by atoms with Crippen molar-refractivity contribution >= 4 is 43.5 Å². The van der Waals surface area contributed by atoms with Gasteiger partial charge >= 0.3 is 11.3 Å². The van der Waals surface area contributed by atoms with E-state index < -0.39 is 77.8 Å². The number of ether oxygens (including phenoxy) is 5. The Morgan fingerprint density at radius 3 is 2.32 bits per heavy atom. The summed E-state index contributed by atoms with van der Waals surface area (Å²) in [6.07, 6.45) is -9.22. The maximum absolute atomic E-state index is 13.4. The fraction of sp³-hybridized carbons (Fsp3) is 0.455. The summed E-state index contributed by atoms with van der Waals surface area (Å²) in [5.74, 6) is -0.386. The quantitative estimate of drug-likeness (QED) is 0.104. The van der Waals surface area contributed by atoms with Crippen molar-refractivity contribution in [2.24, 2.45) is 5.73 Å². The number of aromatic hydroxyl groups is 1. The van der Waals surface area contributed by atoms with Crippen LogP contribution in [0.15, 0.2) is 48.8 Å². The number of aliphatic hydroxyl groups excluding tert-OH is 2. The first-order chi connectivity index (χ1) is 22.3. The lowest BCUT2D eigenvalue weighted by Crippen LogP contribution is -2.69. The molecule has 250 valence electrons. The molecule has 2 aliphatic rings. The highest BCUT2D eigenvalue weighted by atomic mass is 16.7. The molecular formula is C33H35NO13. The Labute approximate surface area is 266 Å². The molecule has 2 fully saturated rings. The van der Waals surface area contributed by atoms with E-state index in [9.17, 15) is 30.0 Å². The third kappa shape index (κ3) is 4.63. The van der Waals surface area contributed by atoms with Crippen LogP contribution in [0.2, 0.25) is 0 Å². The molecule has 0 radical (unpaired) electrons. The van der Waals surface area contributed by atoms with E-state index in [4.69, 9.17) is 38.3 Å². The van der Waals surface area contributed by atoms with Crippen LogP contribution in [0, 0.1) is 6.92 Å². The van der Waals surface area contributed by atoms with Crippen LogP contribution in [0.5, 0.6) is 11.5 Å². The highest BCUT2D eigenvalue weighted by Gasteiger charge is 2.56. The molecule has 0 bridgehead atoms. The van der Waals surface area contributed by atoms with Crippen molar-refractivity contribution in [3.63, 3.8) is 0 Å². The number of rotatable bonds is 5. The average molecular weight is 654 g/mol. The van der Waals surface area contributed by atoms with Crippen LogP contribution in [0.1, 0.15) is 26.3 Å². The van der Waals surface area contributed by atoms with Crippen LogP contribution >= 0.6 is 0 Å². The third-order valence-electron chi connectivity index (χ3n) is 9.52. The van der Waals surface area contributed by atoms with Gasteiger partial charge in [0.1, 0.15) is 46.4 Å². The van der Waals surface area contributed by atoms with Gasteiger partial charge in [0.25, 0.3) is 0 Å². The maximum atomic E-state index is 13.4. The third-order valence-corrected chi connectivity index (χ3v) is 9.52. The van der Waals surface area contributed by atoms with Gasteiger partial charge in [0.05, 0.1) is 29.0 Å². The largest absolute Gasteiger partial charge is 0.506 e. The van der Waals surface area contributed by atoms with Crippen molar-refractivity contribution < 1.29 is 52.9 Å². The molecule has 6 N–H and O–H groups in total. The molecule has 7 rings (SSSR count). The van der Waals surface area contributed by atoms with Crippen LogP contribution in [0.3, 0.4) is 0 Å². The molecule has 2 aliphatic heterocycles. The minimum absolute atomic E-state index is 0.0328. The number of fused-ring (bicyclic) bond motifs is 2. The second-order valence-corrected chi connectivity index (χ2v) is 12.5. The summed E-state index contributed by atoms with van der Waals surface area (Å²) in [5, 5.41) is 45.3. The van der Waals surface area contributed by atoms with Crippen LogP contribution in [-0.4, -0.2) is 88.4 Å². The van der Waals surface area contributed by atoms with Gasteiger partial charge in [-0.3, -0.25) is 0 Å². The zero-order valence-corrected chi connectivity index (χ0v) is 26.1. The van der Waals surface area contributed by atoms with Gasteiger partial charge in [-0.1, -0.05) is 18.2 Å². The zero-order chi connectivity index (χ0) is 33.7.